The zero-order chi connectivity index (χ0) is 18.9. The summed E-state index contributed by atoms with van der Waals surface area (Å²) in [5.74, 6) is 0.596. The Hall–Kier alpha value is -2.96. The van der Waals surface area contributed by atoms with Crippen LogP contribution in [0.1, 0.15) is 36.9 Å². The number of hydrogen-bond donors (Lipinski definition) is 1. The van der Waals surface area contributed by atoms with Crippen LogP contribution in [0.25, 0.3) is 0 Å². The molecule has 0 bridgehead atoms. The van der Waals surface area contributed by atoms with E-state index in [2.05, 4.69) is 5.32 Å². The monoisotopic (exact) mass is 361 g/mol. The molecule has 0 aliphatic heterocycles. The second kappa shape index (κ2) is 9.50. The van der Waals surface area contributed by atoms with E-state index in [0.717, 1.165) is 0 Å². The van der Waals surface area contributed by atoms with Crippen LogP contribution < -0.4 is 14.8 Å². The molecule has 1 amide bonds. The van der Waals surface area contributed by atoms with Crippen molar-refractivity contribution < 1.29 is 28.2 Å². The zero-order valence-corrected chi connectivity index (χ0v) is 15.1. The molecule has 0 aliphatic carbocycles. The standard InChI is InChI=1S/C19H23NO6/c1-4-23-16-9-8-14(11-17(16)24-5-2)19(22)26-13(3)18(21)20-12-15-7-6-10-25-15/h6-11,13H,4-5,12H2,1-3H3,(H,20,21)/t13-/m1/s1. The van der Waals surface area contributed by atoms with Gasteiger partial charge in [-0.1, -0.05) is 0 Å². The minimum Gasteiger partial charge on any atom is -0.490 e. The Balaban J connectivity index is 1.96. The number of furan rings is 1. The molecule has 1 heterocycles. The van der Waals surface area contributed by atoms with Gasteiger partial charge in [0.1, 0.15) is 5.76 Å². The molecular formula is C19H23NO6. The van der Waals surface area contributed by atoms with Crippen molar-refractivity contribution >= 4 is 11.9 Å². The molecule has 26 heavy (non-hydrogen) atoms. The van der Waals surface area contributed by atoms with Gasteiger partial charge in [-0.15, -0.1) is 0 Å². The molecule has 1 N–H and O–H groups in total. The van der Waals surface area contributed by atoms with Crippen molar-refractivity contribution in [3.05, 3.63) is 47.9 Å². The van der Waals surface area contributed by atoms with Gasteiger partial charge in [-0.3, -0.25) is 4.79 Å². The number of amides is 1. The quantitative estimate of drug-likeness (QED) is 0.691. The normalized spacial score (nSPS) is 11.5. The van der Waals surface area contributed by atoms with Crippen LogP contribution in [0.5, 0.6) is 11.5 Å². The zero-order valence-electron chi connectivity index (χ0n) is 15.1. The van der Waals surface area contributed by atoms with Gasteiger partial charge in [0, 0.05) is 0 Å². The van der Waals surface area contributed by atoms with Gasteiger partial charge >= 0.3 is 5.97 Å². The van der Waals surface area contributed by atoms with Crippen molar-refractivity contribution in [1.29, 1.82) is 0 Å². The molecule has 1 atom stereocenters. The fraction of sp³-hybridized carbons (Fsp3) is 0.368. The van der Waals surface area contributed by atoms with Gasteiger partial charge in [0.2, 0.25) is 0 Å². The summed E-state index contributed by atoms with van der Waals surface area (Å²) in [4.78, 5) is 24.3. The molecular weight excluding hydrogens is 338 g/mol. The lowest BCUT2D eigenvalue weighted by atomic mass is 10.2. The fourth-order valence-electron chi connectivity index (χ4n) is 2.19. The SMILES string of the molecule is CCOc1ccc(C(=O)O[C@H](C)C(=O)NCc2ccco2)cc1OCC. The Morgan fingerprint density at radius 3 is 2.50 bits per heavy atom. The van der Waals surface area contributed by atoms with E-state index in [1.165, 1.54) is 13.2 Å². The van der Waals surface area contributed by atoms with E-state index in [1.807, 2.05) is 13.8 Å². The molecule has 0 unspecified atom stereocenters. The second-order valence-electron chi connectivity index (χ2n) is 5.37. The van der Waals surface area contributed by atoms with E-state index in [9.17, 15) is 9.59 Å². The Morgan fingerprint density at radius 1 is 1.12 bits per heavy atom. The van der Waals surface area contributed by atoms with E-state index in [0.29, 0.717) is 30.5 Å². The first-order valence-electron chi connectivity index (χ1n) is 8.45. The summed E-state index contributed by atoms with van der Waals surface area (Å²) in [6.07, 6.45) is 0.576. The summed E-state index contributed by atoms with van der Waals surface area (Å²) < 4.78 is 21.3. The predicted molar refractivity (Wildman–Crippen MR) is 94.2 cm³/mol. The lowest BCUT2D eigenvalue weighted by molar-refractivity contribution is -0.129. The average Bonchev–Trinajstić information content (AvgIpc) is 3.15. The largest absolute Gasteiger partial charge is 0.490 e. The molecule has 0 radical (unpaired) electrons. The van der Waals surface area contributed by atoms with Crippen LogP contribution >= 0.6 is 0 Å². The van der Waals surface area contributed by atoms with E-state index in [-0.39, 0.29) is 12.1 Å². The third kappa shape index (κ3) is 5.27. The highest BCUT2D eigenvalue weighted by Crippen LogP contribution is 2.29. The molecule has 0 spiro atoms. The number of nitrogens with one attached hydrogen (secondary N) is 1. The average molecular weight is 361 g/mol. The van der Waals surface area contributed by atoms with Crippen molar-refractivity contribution in [2.75, 3.05) is 13.2 Å². The fourth-order valence-corrected chi connectivity index (χ4v) is 2.19. The maximum absolute atomic E-state index is 12.3. The first-order valence-corrected chi connectivity index (χ1v) is 8.45. The highest BCUT2D eigenvalue weighted by Gasteiger charge is 2.20. The number of carbonyl (C=O) groups is 2. The van der Waals surface area contributed by atoms with Gasteiger partial charge < -0.3 is 23.9 Å². The van der Waals surface area contributed by atoms with E-state index >= 15 is 0 Å². The third-order valence-electron chi connectivity index (χ3n) is 3.45. The van der Waals surface area contributed by atoms with Crippen molar-refractivity contribution in [2.45, 2.75) is 33.4 Å². The van der Waals surface area contributed by atoms with E-state index in [4.69, 9.17) is 18.6 Å². The molecule has 2 aromatic rings. The smallest absolute Gasteiger partial charge is 0.339 e. The number of esters is 1. The number of rotatable bonds is 9. The van der Waals surface area contributed by atoms with Gasteiger partial charge in [0.05, 0.1) is 31.6 Å². The van der Waals surface area contributed by atoms with Gasteiger partial charge in [-0.05, 0) is 51.1 Å². The van der Waals surface area contributed by atoms with Crippen molar-refractivity contribution in [1.82, 2.24) is 5.32 Å². The van der Waals surface area contributed by atoms with Crippen LogP contribution in [0.15, 0.2) is 41.0 Å². The number of ether oxygens (including phenoxy) is 3. The van der Waals surface area contributed by atoms with Gasteiger partial charge in [0.15, 0.2) is 17.6 Å². The van der Waals surface area contributed by atoms with Crippen molar-refractivity contribution in [3.63, 3.8) is 0 Å². The Kier molecular flexibility index (Phi) is 7.08. The van der Waals surface area contributed by atoms with Crippen LogP contribution in [0.4, 0.5) is 0 Å². The Morgan fingerprint density at radius 2 is 1.85 bits per heavy atom. The highest BCUT2D eigenvalue weighted by molar-refractivity contribution is 5.92. The van der Waals surface area contributed by atoms with Crippen LogP contribution in [0.2, 0.25) is 0 Å². The summed E-state index contributed by atoms with van der Waals surface area (Å²) >= 11 is 0. The van der Waals surface area contributed by atoms with Crippen LogP contribution in [-0.4, -0.2) is 31.2 Å². The number of hydrogen-bond acceptors (Lipinski definition) is 6. The second-order valence-corrected chi connectivity index (χ2v) is 5.37. The molecule has 0 saturated heterocycles. The summed E-state index contributed by atoms with van der Waals surface area (Å²) in [6, 6.07) is 8.24. The maximum atomic E-state index is 12.3. The molecule has 7 heteroatoms. The van der Waals surface area contributed by atoms with Crippen LogP contribution in [0.3, 0.4) is 0 Å². The molecule has 2 rings (SSSR count). The van der Waals surface area contributed by atoms with Crippen molar-refractivity contribution in [3.8, 4) is 11.5 Å². The van der Waals surface area contributed by atoms with Gasteiger partial charge in [0.25, 0.3) is 5.91 Å². The lowest BCUT2D eigenvalue weighted by Crippen LogP contribution is -2.35. The predicted octanol–water partition coefficient (Wildman–Crippen LogP) is 2.94. The minimum atomic E-state index is -0.945. The third-order valence-corrected chi connectivity index (χ3v) is 3.45. The van der Waals surface area contributed by atoms with Crippen LogP contribution in [0, 0.1) is 0 Å². The van der Waals surface area contributed by atoms with Gasteiger partial charge in [-0.25, -0.2) is 4.79 Å². The van der Waals surface area contributed by atoms with Gasteiger partial charge in [-0.2, -0.15) is 0 Å². The minimum absolute atomic E-state index is 0.227. The van der Waals surface area contributed by atoms with E-state index < -0.39 is 18.0 Å². The summed E-state index contributed by atoms with van der Waals surface area (Å²) in [7, 11) is 0. The summed E-state index contributed by atoms with van der Waals surface area (Å²) in [6.45, 7) is 6.35. The molecule has 1 aromatic carbocycles. The Bertz CT molecular complexity index is 726. The topological polar surface area (TPSA) is 87.0 Å². The molecule has 140 valence electrons. The highest BCUT2D eigenvalue weighted by atomic mass is 16.5. The molecule has 0 saturated carbocycles. The maximum Gasteiger partial charge on any atom is 0.339 e. The molecule has 0 aliphatic rings. The first kappa shape index (κ1) is 19.4. The number of benzene rings is 1. The molecule has 0 fully saturated rings. The first-order chi connectivity index (χ1) is 12.5. The molecule has 7 nitrogen and oxygen atoms in total. The lowest BCUT2D eigenvalue weighted by Gasteiger charge is -2.15. The van der Waals surface area contributed by atoms with Crippen LogP contribution in [-0.2, 0) is 16.1 Å². The number of carbonyl (C=O) groups excluding carboxylic acids is 2. The van der Waals surface area contributed by atoms with E-state index in [1.54, 1.807) is 30.3 Å². The Labute approximate surface area is 152 Å². The summed E-state index contributed by atoms with van der Waals surface area (Å²) in [5.41, 5.74) is 0.280. The van der Waals surface area contributed by atoms with Crippen molar-refractivity contribution in [2.24, 2.45) is 0 Å². The molecule has 1 aromatic heterocycles. The summed E-state index contributed by atoms with van der Waals surface area (Å²) in [5, 5.41) is 2.64.